The predicted molar refractivity (Wildman–Crippen MR) is 57.2 cm³/mol. The van der Waals surface area contributed by atoms with E-state index in [0.29, 0.717) is 6.61 Å². The third-order valence-electron chi connectivity index (χ3n) is 1.92. The van der Waals surface area contributed by atoms with Gasteiger partial charge in [0.25, 0.3) is 0 Å². The van der Waals surface area contributed by atoms with E-state index < -0.39 is 11.9 Å². The normalized spacial score (nSPS) is 11.5. The highest BCUT2D eigenvalue weighted by molar-refractivity contribution is 5.80. The summed E-state index contributed by atoms with van der Waals surface area (Å²) < 4.78 is 5.22. The Morgan fingerprint density at radius 2 is 2.12 bits per heavy atom. The molecule has 1 amide bonds. The Hall–Kier alpha value is -1.97. The first-order valence-corrected chi connectivity index (χ1v) is 4.72. The summed E-state index contributed by atoms with van der Waals surface area (Å²) in [6, 6.07) is 8.49. The van der Waals surface area contributed by atoms with Gasteiger partial charge in [-0.25, -0.2) is 4.79 Å². The van der Waals surface area contributed by atoms with Crippen molar-refractivity contribution < 1.29 is 14.3 Å². The van der Waals surface area contributed by atoms with Crippen molar-refractivity contribution in [2.75, 3.05) is 6.61 Å². The van der Waals surface area contributed by atoms with Crippen molar-refractivity contribution in [1.82, 2.24) is 0 Å². The first-order valence-electron chi connectivity index (χ1n) is 4.72. The summed E-state index contributed by atoms with van der Waals surface area (Å²) in [7, 11) is 0. The minimum absolute atomic E-state index is 0.0144. The first-order chi connectivity index (χ1) is 7.74. The highest BCUT2D eigenvalue weighted by Crippen LogP contribution is 2.01. The maximum absolute atomic E-state index is 10.8. The van der Waals surface area contributed by atoms with Gasteiger partial charge in [0.1, 0.15) is 0 Å². The van der Waals surface area contributed by atoms with Gasteiger partial charge in [0.15, 0.2) is 6.04 Å². The summed E-state index contributed by atoms with van der Waals surface area (Å²) in [5.41, 5.74) is 5.98. The van der Waals surface area contributed by atoms with Gasteiger partial charge in [0, 0.05) is 0 Å². The highest BCUT2D eigenvalue weighted by Gasteiger charge is 2.13. The lowest BCUT2D eigenvalue weighted by atomic mass is 10.2. The molecule has 84 valence electrons. The molecule has 0 radical (unpaired) electrons. The third-order valence-corrected chi connectivity index (χ3v) is 1.92. The van der Waals surface area contributed by atoms with Crippen molar-refractivity contribution in [3.05, 3.63) is 35.9 Å². The van der Waals surface area contributed by atoms with Crippen LogP contribution in [0.25, 0.3) is 0 Å². The molecule has 0 bridgehead atoms. The van der Waals surface area contributed by atoms with E-state index in [1.165, 1.54) is 6.08 Å². The number of rotatable bonds is 6. The van der Waals surface area contributed by atoms with Crippen LogP contribution in [0.3, 0.4) is 0 Å². The number of amides is 1. The SMILES string of the molecule is NC(=O)C(COCc1ccccc1)N=C=O. The molecule has 16 heavy (non-hydrogen) atoms. The molecule has 0 aliphatic carbocycles. The zero-order valence-corrected chi connectivity index (χ0v) is 8.63. The molecular weight excluding hydrogens is 208 g/mol. The van der Waals surface area contributed by atoms with Crippen molar-refractivity contribution in [2.45, 2.75) is 12.6 Å². The lowest BCUT2D eigenvalue weighted by Gasteiger charge is -2.07. The number of hydrogen-bond donors (Lipinski definition) is 1. The van der Waals surface area contributed by atoms with Crippen LogP contribution in [0.15, 0.2) is 35.3 Å². The number of aliphatic imine (C=N–C) groups is 1. The Balaban J connectivity index is 2.39. The van der Waals surface area contributed by atoms with E-state index in [1.807, 2.05) is 30.3 Å². The van der Waals surface area contributed by atoms with Crippen molar-refractivity contribution >= 4 is 12.0 Å². The van der Waals surface area contributed by atoms with E-state index >= 15 is 0 Å². The highest BCUT2D eigenvalue weighted by atomic mass is 16.5. The average Bonchev–Trinajstić information content (AvgIpc) is 2.29. The number of nitrogens with zero attached hydrogens (tertiary/aromatic N) is 1. The van der Waals surface area contributed by atoms with Gasteiger partial charge in [-0.15, -0.1) is 0 Å². The molecule has 1 aromatic rings. The average molecular weight is 220 g/mol. The van der Waals surface area contributed by atoms with Crippen LogP contribution in [-0.2, 0) is 20.9 Å². The molecule has 1 atom stereocenters. The molecule has 5 heteroatoms. The van der Waals surface area contributed by atoms with Crippen LogP contribution in [0.2, 0.25) is 0 Å². The second-order valence-electron chi connectivity index (χ2n) is 3.14. The molecule has 0 aromatic heterocycles. The Morgan fingerprint density at radius 3 is 2.69 bits per heavy atom. The smallest absolute Gasteiger partial charge is 0.245 e. The molecule has 0 spiro atoms. The summed E-state index contributed by atoms with van der Waals surface area (Å²) in [5, 5.41) is 0. The summed E-state index contributed by atoms with van der Waals surface area (Å²) in [4.78, 5) is 24.0. The number of ether oxygens (including phenoxy) is 1. The minimum atomic E-state index is -0.957. The van der Waals surface area contributed by atoms with E-state index in [1.54, 1.807) is 0 Å². The van der Waals surface area contributed by atoms with Crippen LogP contribution in [0, 0.1) is 0 Å². The largest absolute Gasteiger partial charge is 0.374 e. The van der Waals surface area contributed by atoms with Gasteiger partial charge >= 0.3 is 0 Å². The number of benzene rings is 1. The molecule has 0 fully saturated rings. The Labute approximate surface area is 92.9 Å². The van der Waals surface area contributed by atoms with E-state index in [4.69, 9.17) is 10.5 Å². The lowest BCUT2D eigenvalue weighted by molar-refractivity contribution is -0.120. The standard InChI is InChI=1S/C11H12N2O3/c12-11(15)10(13-8-14)7-16-6-9-4-2-1-3-5-9/h1-5,10H,6-7H2,(H2,12,15). The fourth-order valence-electron chi connectivity index (χ4n) is 1.11. The number of isocyanates is 1. The number of primary amides is 1. The molecule has 5 nitrogen and oxygen atoms in total. The van der Waals surface area contributed by atoms with Gasteiger partial charge in [0.05, 0.1) is 13.2 Å². The molecule has 0 heterocycles. The number of hydrogen-bond acceptors (Lipinski definition) is 4. The van der Waals surface area contributed by atoms with Gasteiger partial charge in [-0.05, 0) is 5.56 Å². The molecule has 1 aromatic carbocycles. The van der Waals surface area contributed by atoms with E-state index in [2.05, 4.69) is 4.99 Å². The zero-order chi connectivity index (χ0) is 11.8. The maximum Gasteiger partial charge on any atom is 0.245 e. The quantitative estimate of drug-likeness (QED) is 0.556. The first kappa shape index (κ1) is 12.1. The van der Waals surface area contributed by atoms with Gasteiger partial charge in [-0.2, -0.15) is 4.99 Å². The monoisotopic (exact) mass is 220 g/mol. The Morgan fingerprint density at radius 1 is 1.44 bits per heavy atom. The molecule has 0 saturated carbocycles. The molecule has 0 aliphatic heterocycles. The van der Waals surface area contributed by atoms with Gasteiger partial charge in [0.2, 0.25) is 12.0 Å². The topological polar surface area (TPSA) is 81.8 Å². The van der Waals surface area contributed by atoms with E-state index in [-0.39, 0.29) is 6.61 Å². The molecule has 2 N–H and O–H groups in total. The van der Waals surface area contributed by atoms with Crippen LogP contribution < -0.4 is 5.73 Å². The van der Waals surface area contributed by atoms with Gasteiger partial charge in [-0.3, -0.25) is 4.79 Å². The van der Waals surface area contributed by atoms with E-state index in [0.717, 1.165) is 5.56 Å². The van der Waals surface area contributed by atoms with Crippen molar-refractivity contribution in [3.63, 3.8) is 0 Å². The van der Waals surface area contributed by atoms with Crippen LogP contribution in [-0.4, -0.2) is 24.6 Å². The number of nitrogens with two attached hydrogens (primary N) is 1. The van der Waals surface area contributed by atoms with Crippen LogP contribution in [0.1, 0.15) is 5.56 Å². The van der Waals surface area contributed by atoms with Crippen LogP contribution in [0.5, 0.6) is 0 Å². The minimum Gasteiger partial charge on any atom is -0.374 e. The fourth-order valence-corrected chi connectivity index (χ4v) is 1.11. The van der Waals surface area contributed by atoms with Crippen LogP contribution >= 0.6 is 0 Å². The summed E-state index contributed by atoms with van der Waals surface area (Å²) >= 11 is 0. The summed E-state index contributed by atoms with van der Waals surface area (Å²) in [6.45, 7) is 0.332. The van der Waals surface area contributed by atoms with Crippen molar-refractivity contribution in [1.29, 1.82) is 0 Å². The molecule has 0 saturated heterocycles. The summed E-state index contributed by atoms with van der Waals surface area (Å²) in [6.07, 6.45) is 1.29. The van der Waals surface area contributed by atoms with E-state index in [9.17, 15) is 9.59 Å². The predicted octanol–water partition coefficient (Wildman–Crippen LogP) is 0.393. The third kappa shape index (κ3) is 4.04. The van der Waals surface area contributed by atoms with Crippen molar-refractivity contribution in [2.24, 2.45) is 10.7 Å². The number of carbonyl (C=O) groups is 1. The molecule has 1 rings (SSSR count). The van der Waals surface area contributed by atoms with Gasteiger partial charge in [-0.1, -0.05) is 30.3 Å². The zero-order valence-electron chi connectivity index (χ0n) is 8.63. The van der Waals surface area contributed by atoms with Gasteiger partial charge < -0.3 is 10.5 Å². The van der Waals surface area contributed by atoms with Crippen molar-refractivity contribution in [3.8, 4) is 0 Å². The Bertz CT molecular complexity index is 383. The Kier molecular flexibility index (Phi) is 4.92. The van der Waals surface area contributed by atoms with Crippen LogP contribution in [0.4, 0.5) is 0 Å². The molecular formula is C11H12N2O3. The summed E-state index contributed by atoms with van der Waals surface area (Å²) in [5.74, 6) is -0.698. The maximum atomic E-state index is 10.8. The second-order valence-corrected chi connectivity index (χ2v) is 3.14. The fraction of sp³-hybridized carbons (Fsp3) is 0.273. The lowest BCUT2D eigenvalue weighted by Crippen LogP contribution is -2.31. The molecule has 0 aliphatic rings. The molecule has 1 unspecified atom stereocenters. The second kappa shape index (κ2) is 6.50. The number of carbonyl (C=O) groups excluding carboxylic acids is 2.